The SMILES string of the molecule is Cc1ccccc1NC(=O)c1ccc2cccnc2c1O. The second kappa shape index (κ2) is 5.25. The molecule has 0 radical (unpaired) electrons. The van der Waals surface area contributed by atoms with Gasteiger partial charge >= 0.3 is 0 Å². The molecule has 1 heterocycles. The number of benzene rings is 2. The van der Waals surface area contributed by atoms with E-state index in [0.29, 0.717) is 5.52 Å². The number of amides is 1. The van der Waals surface area contributed by atoms with Crippen LogP contribution in [0.4, 0.5) is 5.69 Å². The smallest absolute Gasteiger partial charge is 0.259 e. The molecule has 4 nitrogen and oxygen atoms in total. The average Bonchev–Trinajstić information content (AvgIpc) is 2.50. The van der Waals surface area contributed by atoms with Crippen LogP contribution in [0.2, 0.25) is 0 Å². The van der Waals surface area contributed by atoms with Crippen molar-refractivity contribution in [2.75, 3.05) is 5.32 Å². The van der Waals surface area contributed by atoms with Gasteiger partial charge in [0, 0.05) is 17.3 Å². The average molecular weight is 278 g/mol. The van der Waals surface area contributed by atoms with Crippen LogP contribution in [0.5, 0.6) is 5.75 Å². The first kappa shape index (κ1) is 13.1. The summed E-state index contributed by atoms with van der Waals surface area (Å²) in [4.78, 5) is 16.5. The van der Waals surface area contributed by atoms with Gasteiger partial charge in [0.1, 0.15) is 5.52 Å². The van der Waals surface area contributed by atoms with Gasteiger partial charge in [0.05, 0.1) is 5.56 Å². The Hall–Kier alpha value is -2.88. The number of pyridine rings is 1. The summed E-state index contributed by atoms with van der Waals surface area (Å²) < 4.78 is 0. The molecule has 0 atom stereocenters. The minimum Gasteiger partial charge on any atom is -0.505 e. The standard InChI is InChI=1S/C17H14N2O2/c1-11-5-2-3-7-14(11)19-17(21)13-9-8-12-6-4-10-18-15(12)16(13)20/h2-10,20H,1H3,(H,19,21). The molecule has 0 aliphatic rings. The highest BCUT2D eigenvalue weighted by atomic mass is 16.3. The van der Waals surface area contributed by atoms with Crippen molar-refractivity contribution in [3.05, 3.63) is 65.9 Å². The zero-order chi connectivity index (χ0) is 14.8. The molecule has 0 aliphatic heterocycles. The highest BCUT2D eigenvalue weighted by Gasteiger charge is 2.15. The topological polar surface area (TPSA) is 62.2 Å². The van der Waals surface area contributed by atoms with Crippen molar-refractivity contribution in [3.63, 3.8) is 0 Å². The van der Waals surface area contributed by atoms with Gasteiger partial charge in [0.25, 0.3) is 5.91 Å². The van der Waals surface area contributed by atoms with Crippen LogP contribution in [0.1, 0.15) is 15.9 Å². The number of hydrogen-bond acceptors (Lipinski definition) is 3. The Morgan fingerprint density at radius 3 is 2.71 bits per heavy atom. The van der Waals surface area contributed by atoms with Gasteiger partial charge in [-0.2, -0.15) is 0 Å². The minimum atomic E-state index is -0.352. The summed E-state index contributed by atoms with van der Waals surface area (Å²) in [6.45, 7) is 1.91. The van der Waals surface area contributed by atoms with Gasteiger partial charge in [-0.15, -0.1) is 0 Å². The number of anilines is 1. The molecule has 21 heavy (non-hydrogen) atoms. The predicted molar refractivity (Wildman–Crippen MR) is 82.5 cm³/mol. The van der Waals surface area contributed by atoms with Crippen LogP contribution in [-0.4, -0.2) is 16.0 Å². The van der Waals surface area contributed by atoms with Crippen LogP contribution in [0.25, 0.3) is 10.9 Å². The molecular weight excluding hydrogens is 264 g/mol. The van der Waals surface area contributed by atoms with E-state index in [1.54, 1.807) is 24.4 Å². The third-order valence-corrected chi connectivity index (χ3v) is 3.39. The Bertz CT molecular complexity index is 828. The number of hydrogen-bond donors (Lipinski definition) is 2. The lowest BCUT2D eigenvalue weighted by Gasteiger charge is -2.10. The van der Waals surface area contributed by atoms with Gasteiger partial charge in [0.15, 0.2) is 5.75 Å². The maximum atomic E-state index is 12.3. The van der Waals surface area contributed by atoms with Crippen LogP contribution in [0.15, 0.2) is 54.7 Å². The number of carbonyl (C=O) groups excluding carboxylic acids is 1. The fourth-order valence-corrected chi connectivity index (χ4v) is 2.22. The molecule has 0 aliphatic carbocycles. The highest BCUT2D eigenvalue weighted by Crippen LogP contribution is 2.27. The summed E-state index contributed by atoms with van der Waals surface area (Å²) in [5, 5.41) is 13.8. The quantitative estimate of drug-likeness (QED) is 0.754. The lowest BCUT2D eigenvalue weighted by Crippen LogP contribution is -2.13. The molecule has 0 fully saturated rings. The number of nitrogens with one attached hydrogen (secondary N) is 1. The molecule has 3 rings (SSSR count). The van der Waals surface area contributed by atoms with Gasteiger partial charge in [-0.05, 0) is 30.7 Å². The second-order valence-corrected chi connectivity index (χ2v) is 4.81. The van der Waals surface area contributed by atoms with Crippen molar-refractivity contribution in [2.45, 2.75) is 6.92 Å². The number of phenols is 1. The van der Waals surface area contributed by atoms with Gasteiger partial charge < -0.3 is 10.4 Å². The molecule has 2 N–H and O–H groups in total. The van der Waals surface area contributed by atoms with Crippen molar-refractivity contribution in [1.82, 2.24) is 4.98 Å². The molecule has 1 aromatic heterocycles. The second-order valence-electron chi connectivity index (χ2n) is 4.81. The number of fused-ring (bicyclic) bond motifs is 1. The number of aromatic nitrogens is 1. The van der Waals surface area contributed by atoms with Crippen LogP contribution in [-0.2, 0) is 0 Å². The maximum absolute atomic E-state index is 12.3. The third-order valence-electron chi connectivity index (χ3n) is 3.39. The molecule has 4 heteroatoms. The van der Waals surface area contributed by atoms with E-state index < -0.39 is 0 Å². The van der Waals surface area contributed by atoms with Crippen molar-refractivity contribution in [2.24, 2.45) is 0 Å². The number of aryl methyl sites for hydroxylation is 1. The van der Waals surface area contributed by atoms with E-state index in [0.717, 1.165) is 16.6 Å². The number of aromatic hydroxyl groups is 1. The van der Waals surface area contributed by atoms with Crippen LogP contribution < -0.4 is 5.32 Å². The van der Waals surface area contributed by atoms with Crippen LogP contribution in [0, 0.1) is 6.92 Å². The molecule has 2 aromatic carbocycles. The Labute approximate surface area is 122 Å². The monoisotopic (exact) mass is 278 g/mol. The Morgan fingerprint density at radius 1 is 1.10 bits per heavy atom. The van der Waals surface area contributed by atoms with Gasteiger partial charge in [-0.3, -0.25) is 9.78 Å². The third kappa shape index (κ3) is 2.43. The molecule has 0 saturated carbocycles. The van der Waals surface area contributed by atoms with E-state index in [2.05, 4.69) is 10.3 Å². The van der Waals surface area contributed by atoms with Crippen LogP contribution >= 0.6 is 0 Å². The summed E-state index contributed by atoms with van der Waals surface area (Å²) in [6, 6.07) is 14.5. The number of para-hydroxylation sites is 1. The summed E-state index contributed by atoms with van der Waals surface area (Å²) in [7, 11) is 0. The Balaban J connectivity index is 1.99. The van der Waals surface area contributed by atoms with E-state index in [1.807, 2.05) is 37.3 Å². The lowest BCUT2D eigenvalue weighted by atomic mass is 10.1. The summed E-state index contributed by atoms with van der Waals surface area (Å²) in [5.41, 5.74) is 2.33. The largest absolute Gasteiger partial charge is 0.505 e. The number of carbonyl (C=O) groups is 1. The van der Waals surface area contributed by atoms with Gasteiger partial charge in [-0.1, -0.05) is 30.3 Å². The van der Waals surface area contributed by atoms with E-state index in [4.69, 9.17) is 0 Å². The van der Waals surface area contributed by atoms with E-state index in [1.165, 1.54) is 0 Å². The first-order valence-electron chi connectivity index (χ1n) is 6.60. The molecule has 104 valence electrons. The van der Waals surface area contributed by atoms with Crippen LogP contribution in [0.3, 0.4) is 0 Å². The minimum absolute atomic E-state index is 0.0980. The molecule has 0 bridgehead atoms. The van der Waals surface area contributed by atoms with Crippen molar-refractivity contribution < 1.29 is 9.90 Å². The summed E-state index contributed by atoms with van der Waals surface area (Å²) >= 11 is 0. The molecule has 0 saturated heterocycles. The summed E-state index contributed by atoms with van der Waals surface area (Å²) in [5.74, 6) is -0.450. The zero-order valence-corrected chi connectivity index (χ0v) is 11.5. The highest BCUT2D eigenvalue weighted by molar-refractivity contribution is 6.09. The Kier molecular flexibility index (Phi) is 3.28. The van der Waals surface area contributed by atoms with E-state index in [-0.39, 0.29) is 17.2 Å². The fraction of sp³-hybridized carbons (Fsp3) is 0.0588. The maximum Gasteiger partial charge on any atom is 0.259 e. The molecular formula is C17H14N2O2. The van der Waals surface area contributed by atoms with Crippen molar-refractivity contribution in [3.8, 4) is 5.75 Å². The molecule has 0 unspecified atom stereocenters. The Morgan fingerprint density at radius 2 is 1.90 bits per heavy atom. The van der Waals surface area contributed by atoms with Crippen molar-refractivity contribution >= 4 is 22.5 Å². The van der Waals surface area contributed by atoms with E-state index >= 15 is 0 Å². The van der Waals surface area contributed by atoms with Crippen molar-refractivity contribution in [1.29, 1.82) is 0 Å². The fourth-order valence-electron chi connectivity index (χ4n) is 2.22. The van der Waals surface area contributed by atoms with E-state index in [9.17, 15) is 9.90 Å². The first-order valence-corrected chi connectivity index (χ1v) is 6.60. The normalized spacial score (nSPS) is 10.5. The molecule has 0 spiro atoms. The number of nitrogens with zero attached hydrogens (tertiary/aromatic N) is 1. The van der Waals surface area contributed by atoms with Gasteiger partial charge in [0.2, 0.25) is 0 Å². The summed E-state index contributed by atoms with van der Waals surface area (Å²) in [6.07, 6.45) is 1.59. The zero-order valence-electron chi connectivity index (χ0n) is 11.5. The van der Waals surface area contributed by atoms with Gasteiger partial charge in [-0.25, -0.2) is 0 Å². The number of rotatable bonds is 2. The predicted octanol–water partition coefficient (Wildman–Crippen LogP) is 3.50. The number of phenolic OH excluding ortho intramolecular Hbond substituents is 1. The lowest BCUT2D eigenvalue weighted by molar-refractivity contribution is 0.102. The molecule has 1 amide bonds. The first-order chi connectivity index (χ1) is 10.2. The molecule has 3 aromatic rings.